The van der Waals surface area contributed by atoms with Crippen LogP contribution >= 0.6 is 0 Å². The summed E-state index contributed by atoms with van der Waals surface area (Å²) in [6.45, 7) is 5.27. The van der Waals surface area contributed by atoms with Gasteiger partial charge in [-0.2, -0.15) is 5.10 Å². The molecule has 3 nitrogen and oxygen atoms in total. The second kappa shape index (κ2) is 5.36. The van der Waals surface area contributed by atoms with Crippen LogP contribution in [0.3, 0.4) is 0 Å². The molecule has 0 amide bonds. The van der Waals surface area contributed by atoms with Crippen LogP contribution in [0.25, 0.3) is 11.1 Å². The Hall–Kier alpha value is -1.61. The molecule has 96 valence electrons. The van der Waals surface area contributed by atoms with E-state index < -0.39 is 0 Å². The van der Waals surface area contributed by atoms with Crippen LogP contribution in [0.5, 0.6) is 0 Å². The van der Waals surface area contributed by atoms with E-state index in [9.17, 15) is 0 Å². The van der Waals surface area contributed by atoms with Gasteiger partial charge < -0.3 is 5.32 Å². The van der Waals surface area contributed by atoms with Gasteiger partial charge in [-0.25, -0.2) is 0 Å². The van der Waals surface area contributed by atoms with E-state index in [1.165, 1.54) is 22.4 Å². The molecule has 2 rings (SSSR count). The maximum absolute atomic E-state index is 4.55. The molecular weight excluding hydrogens is 222 g/mol. The van der Waals surface area contributed by atoms with Gasteiger partial charge in [-0.3, -0.25) is 4.68 Å². The molecule has 1 N–H and O–H groups in total. The molecular formula is C15H21N3. The fourth-order valence-corrected chi connectivity index (χ4v) is 2.16. The lowest BCUT2D eigenvalue weighted by molar-refractivity contribution is 0.713. The molecule has 0 unspecified atom stereocenters. The van der Waals surface area contributed by atoms with Crippen LogP contribution in [0.1, 0.15) is 31.0 Å². The molecule has 0 fully saturated rings. The van der Waals surface area contributed by atoms with Crippen molar-refractivity contribution in [3.05, 3.63) is 41.7 Å². The number of aryl methyl sites for hydroxylation is 1. The summed E-state index contributed by atoms with van der Waals surface area (Å²) in [5.41, 5.74) is 4.95. The van der Waals surface area contributed by atoms with Crippen molar-refractivity contribution >= 4 is 0 Å². The molecule has 1 aromatic heterocycles. The van der Waals surface area contributed by atoms with Crippen LogP contribution in [-0.4, -0.2) is 16.8 Å². The highest BCUT2D eigenvalue weighted by Crippen LogP contribution is 2.28. The van der Waals surface area contributed by atoms with E-state index in [0.717, 1.165) is 6.54 Å². The summed E-state index contributed by atoms with van der Waals surface area (Å²) in [5.74, 6) is 0.443. The van der Waals surface area contributed by atoms with Gasteiger partial charge in [-0.15, -0.1) is 0 Å². The zero-order chi connectivity index (χ0) is 13.1. The van der Waals surface area contributed by atoms with E-state index in [-0.39, 0.29) is 0 Å². The maximum Gasteiger partial charge on any atom is 0.0728 e. The largest absolute Gasteiger partial charge is 0.316 e. The average molecular weight is 243 g/mol. The summed E-state index contributed by atoms with van der Waals surface area (Å²) in [5, 5.41) is 7.71. The Morgan fingerprint density at radius 2 is 1.89 bits per heavy atom. The molecule has 0 atom stereocenters. The van der Waals surface area contributed by atoms with Crippen molar-refractivity contribution in [1.82, 2.24) is 15.1 Å². The number of rotatable bonds is 4. The smallest absolute Gasteiger partial charge is 0.0728 e. The molecule has 3 heteroatoms. The second-order valence-electron chi connectivity index (χ2n) is 4.98. The average Bonchev–Trinajstić information content (AvgIpc) is 2.73. The normalized spacial score (nSPS) is 11.2. The molecule has 0 aliphatic rings. The molecule has 0 radical (unpaired) electrons. The van der Waals surface area contributed by atoms with E-state index in [1.807, 2.05) is 18.8 Å². The highest BCUT2D eigenvalue weighted by molar-refractivity contribution is 5.66. The zero-order valence-corrected chi connectivity index (χ0v) is 11.6. The maximum atomic E-state index is 4.55. The summed E-state index contributed by atoms with van der Waals surface area (Å²) in [4.78, 5) is 0. The topological polar surface area (TPSA) is 29.9 Å². The van der Waals surface area contributed by atoms with Crippen LogP contribution in [0.4, 0.5) is 0 Å². The number of aromatic nitrogens is 2. The number of nitrogens with one attached hydrogen (secondary N) is 1. The summed E-state index contributed by atoms with van der Waals surface area (Å²) >= 11 is 0. The molecule has 0 spiro atoms. The highest BCUT2D eigenvalue weighted by atomic mass is 15.3. The molecule has 2 aromatic rings. The molecule has 0 saturated heterocycles. The van der Waals surface area contributed by atoms with Gasteiger partial charge >= 0.3 is 0 Å². The molecule has 18 heavy (non-hydrogen) atoms. The first-order valence-corrected chi connectivity index (χ1v) is 6.39. The van der Waals surface area contributed by atoms with Crippen molar-refractivity contribution < 1.29 is 0 Å². The Kier molecular flexibility index (Phi) is 3.82. The van der Waals surface area contributed by atoms with E-state index >= 15 is 0 Å². The Morgan fingerprint density at radius 3 is 2.44 bits per heavy atom. The summed E-state index contributed by atoms with van der Waals surface area (Å²) < 4.78 is 1.90. The van der Waals surface area contributed by atoms with Gasteiger partial charge in [-0.05, 0) is 24.1 Å². The molecule has 0 aliphatic heterocycles. The fraction of sp³-hybridized carbons (Fsp3) is 0.400. The number of hydrogen-bond acceptors (Lipinski definition) is 2. The first kappa shape index (κ1) is 12.8. The van der Waals surface area contributed by atoms with Crippen LogP contribution in [0.15, 0.2) is 30.5 Å². The monoisotopic (exact) mass is 243 g/mol. The molecule has 0 aliphatic carbocycles. The van der Waals surface area contributed by atoms with Crippen molar-refractivity contribution in [3.8, 4) is 11.1 Å². The van der Waals surface area contributed by atoms with Crippen molar-refractivity contribution in [1.29, 1.82) is 0 Å². The first-order valence-electron chi connectivity index (χ1n) is 6.39. The number of benzene rings is 1. The molecule has 1 heterocycles. The Morgan fingerprint density at radius 1 is 1.22 bits per heavy atom. The molecule has 0 bridgehead atoms. The third kappa shape index (κ3) is 2.62. The van der Waals surface area contributed by atoms with Gasteiger partial charge in [0, 0.05) is 25.4 Å². The first-order chi connectivity index (χ1) is 8.61. The summed E-state index contributed by atoms with van der Waals surface area (Å²) in [7, 11) is 3.94. The van der Waals surface area contributed by atoms with E-state index in [2.05, 4.69) is 54.7 Å². The summed E-state index contributed by atoms with van der Waals surface area (Å²) in [6, 6.07) is 8.69. The van der Waals surface area contributed by atoms with Gasteiger partial charge in [0.15, 0.2) is 0 Å². The highest BCUT2D eigenvalue weighted by Gasteiger charge is 2.12. The SMILES string of the molecule is CNCc1ccc(-c2cn(C)nc2C(C)C)cc1. The molecule has 1 aromatic carbocycles. The zero-order valence-electron chi connectivity index (χ0n) is 11.6. The standard InChI is InChI=1S/C15H21N3/c1-11(2)15-14(10-18(4)17-15)13-7-5-12(6-8-13)9-16-3/h5-8,10-11,16H,9H2,1-4H3. The van der Waals surface area contributed by atoms with Crippen LogP contribution in [0.2, 0.25) is 0 Å². The lowest BCUT2D eigenvalue weighted by Crippen LogP contribution is -2.04. The predicted octanol–water partition coefficient (Wildman–Crippen LogP) is 2.93. The van der Waals surface area contributed by atoms with E-state index in [0.29, 0.717) is 5.92 Å². The van der Waals surface area contributed by atoms with Gasteiger partial charge in [0.25, 0.3) is 0 Å². The Bertz CT molecular complexity index is 509. The Labute approximate surface area is 109 Å². The lowest BCUT2D eigenvalue weighted by atomic mass is 9.99. The van der Waals surface area contributed by atoms with Gasteiger partial charge in [0.1, 0.15) is 0 Å². The minimum absolute atomic E-state index is 0.443. The second-order valence-corrected chi connectivity index (χ2v) is 4.98. The third-order valence-electron chi connectivity index (χ3n) is 3.05. The van der Waals surface area contributed by atoms with E-state index in [1.54, 1.807) is 0 Å². The van der Waals surface area contributed by atoms with Gasteiger partial charge in [-0.1, -0.05) is 38.1 Å². The van der Waals surface area contributed by atoms with E-state index in [4.69, 9.17) is 0 Å². The van der Waals surface area contributed by atoms with Gasteiger partial charge in [0.2, 0.25) is 0 Å². The van der Waals surface area contributed by atoms with Crippen molar-refractivity contribution in [2.75, 3.05) is 7.05 Å². The van der Waals surface area contributed by atoms with Crippen LogP contribution < -0.4 is 5.32 Å². The Balaban J connectivity index is 2.36. The van der Waals surface area contributed by atoms with Crippen molar-refractivity contribution in [3.63, 3.8) is 0 Å². The molecule has 0 saturated carbocycles. The number of hydrogen-bond donors (Lipinski definition) is 1. The van der Waals surface area contributed by atoms with Crippen LogP contribution in [0, 0.1) is 0 Å². The number of nitrogens with zero attached hydrogens (tertiary/aromatic N) is 2. The minimum atomic E-state index is 0.443. The van der Waals surface area contributed by atoms with Crippen LogP contribution in [-0.2, 0) is 13.6 Å². The minimum Gasteiger partial charge on any atom is -0.316 e. The summed E-state index contributed by atoms with van der Waals surface area (Å²) in [6.07, 6.45) is 2.10. The lowest BCUT2D eigenvalue weighted by Gasteiger charge is -2.06. The van der Waals surface area contributed by atoms with Gasteiger partial charge in [0.05, 0.1) is 5.69 Å². The van der Waals surface area contributed by atoms with Crippen molar-refractivity contribution in [2.24, 2.45) is 7.05 Å². The fourth-order valence-electron chi connectivity index (χ4n) is 2.16. The predicted molar refractivity (Wildman–Crippen MR) is 75.5 cm³/mol. The quantitative estimate of drug-likeness (QED) is 0.894. The van der Waals surface area contributed by atoms with Crippen molar-refractivity contribution in [2.45, 2.75) is 26.3 Å². The third-order valence-corrected chi connectivity index (χ3v) is 3.05.